The molecule has 0 fully saturated rings. The minimum absolute atomic E-state index is 0. The van der Waals surface area contributed by atoms with Crippen LogP contribution < -0.4 is 0 Å². The summed E-state index contributed by atoms with van der Waals surface area (Å²) in [5, 5.41) is 0. The van der Waals surface area contributed by atoms with Gasteiger partial charge in [-0.3, -0.25) is 0 Å². The van der Waals surface area contributed by atoms with Crippen molar-refractivity contribution in [2.24, 2.45) is 0 Å². The van der Waals surface area contributed by atoms with E-state index in [4.69, 9.17) is 14.4 Å². The maximum atomic E-state index is 8.70. The minimum Gasteiger partial charge on any atom is -0.134 e. The Bertz CT molecular complexity index is 33.2. The van der Waals surface area contributed by atoms with E-state index in [1.807, 2.05) is 0 Å². The van der Waals surface area contributed by atoms with Crippen molar-refractivity contribution >= 4 is 96.9 Å². The van der Waals surface area contributed by atoms with Crippen LogP contribution in [-0.2, 0) is 4.57 Å². The van der Waals surface area contributed by atoms with Gasteiger partial charge in [-0.05, 0) is 0 Å². The first-order valence-electron chi connectivity index (χ1n) is 0.583. The summed E-state index contributed by atoms with van der Waals surface area (Å²) in [7, 11) is -2.87. The van der Waals surface area contributed by atoms with Gasteiger partial charge >= 0.3 is 8.25 Å². The zero-order chi connectivity index (χ0) is 3.58. The molecule has 0 saturated carbocycles. The second-order valence-corrected chi connectivity index (χ2v) is 0.758. The Morgan fingerprint density at radius 1 is 1.00 bits per heavy atom. The maximum absolute atomic E-state index is 8.70. The quantitative estimate of drug-likeness (QED) is 0.326. The van der Waals surface area contributed by atoms with Crippen molar-refractivity contribution in [3.8, 4) is 0 Å². The number of hydrogen-bond donors (Lipinski definition) is 2. The third-order valence-corrected chi connectivity index (χ3v) is 0. The standard InChI is InChI=1S/3Na.HO3P/c;;;1-4(2)3/h;;;(H-,1,2,3)/p+1. The summed E-state index contributed by atoms with van der Waals surface area (Å²) in [5.74, 6) is 0. The van der Waals surface area contributed by atoms with E-state index in [-0.39, 0.29) is 88.7 Å². The molecule has 27 valence electrons. The van der Waals surface area contributed by atoms with Crippen molar-refractivity contribution in [3.63, 3.8) is 0 Å². The zero-order valence-electron chi connectivity index (χ0n) is 4.75. The zero-order valence-corrected chi connectivity index (χ0v) is 11.6. The van der Waals surface area contributed by atoms with Gasteiger partial charge in [-0.25, -0.2) is 0 Å². The maximum Gasteiger partial charge on any atom is 0.692 e. The fourth-order valence-electron chi connectivity index (χ4n) is 0. The van der Waals surface area contributed by atoms with Crippen LogP contribution in [0.3, 0.4) is 0 Å². The molecule has 7 heteroatoms. The van der Waals surface area contributed by atoms with Gasteiger partial charge in [0.15, 0.2) is 0 Å². The molecular weight excluding hydrogens is 148 g/mol. The average Bonchev–Trinajstić information content (AvgIpc) is 0.811. The van der Waals surface area contributed by atoms with Crippen LogP contribution in [-0.4, -0.2) is 98.5 Å². The second-order valence-electron chi connectivity index (χ2n) is 0.253. The van der Waals surface area contributed by atoms with Gasteiger partial charge in [-0.1, -0.05) is 0 Å². The topological polar surface area (TPSA) is 57.5 Å². The van der Waals surface area contributed by atoms with Crippen LogP contribution in [0.2, 0.25) is 0 Å². The van der Waals surface area contributed by atoms with E-state index in [2.05, 4.69) is 0 Å². The van der Waals surface area contributed by atoms with Crippen molar-refractivity contribution in [1.29, 1.82) is 0 Å². The summed E-state index contributed by atoms with van der Waals surface area (Å²) in [6.45, 7) is 0. The summed E-state index contributed by atoms with van der Waals surface area (Å²) < 4.78 is 8.70. The van der Waals surface area contributed by atoms with Crippen LogP contribution in [0.25, 0.3) is 0 Å². The van der Waals surface area contributed by atoms with Crippen LogP contribution in [0, 0.1) is 0 Å². The van der Waals surface area contributed by atoms with Gasteiger partial charge in [0, 0.05) is 93.2 Å². The molecule has 0 saturated heterocycles. The molecule has 0 aromatic carbocycles. The molecule has 0 spiro atoms. The third kappa shape index (κ3) is 48.7. The largest absolute Gasteiger partial charge is 0.692 e. The van der Waals surface area contributed by atoms with Gasteiger partial charge < -0.3 is 0 Å². The molecule has 0 aromatic rings. The number of hydrogen-bond acceptors (Lipinski definition) is 1. The molecule has 0 amide bonds. The van der Waals surface area contributed by atoms with E-state index in [1.165, 1.54) is 0 Å². The monoisotopic (exact) mass is 150 g/mol. The Balaban J connectivity index is -0.0000000150. The van der Waals surface area contributed by atoms with Crippen molar-refractivity contribution in [3.05, 3.63) is 0 Å². The first-order chi connectivity index (χ1) is 1.73. The molecule has 0 aliphatic heterocycles. The normalized spacial score (nSPS) is 3.71. The van der Waals surface area contributed by atoms with E-state index < -0.39 is 8.25 Å². The molecule has 3 nitrogen and oxygen atoms in total. The fourth-order valence-corrected chi connectivity index (χ4v) is 0. The molecule has 0 unspecified atom stereocenters. The average molecular weight is 150 g/mol. The first-order valence-corrected chi connectivity index (χ1v) is 1.75. The SMILES string of the molecule is O=[P+](O)O.[Na].[Na].[Na]. The van der Waals surface area contributed by atoms with Crippen molar-refractivity contribution in [1.82, 2.24) is 0 Å². The Hall–Kier alpha value is 3.02. The molecule has 0 aliphatic carbocycles. The Labute approximate surface area is 109 Å². The van der Waals surface area contributed by atoms with Crippen LogP contribution in [0.4, 0.5) is 0 Å². The summed E-state index contributed by atoms with van der Waals surface area (Å²) in [4.78, 5) is 14.2. The summed E-state index contributed by atoms with van der Waals surface area (Å²) >= 11 is 0. The van der Waals surface area contributed by atoms with Crippen LogP contribution in [0.15, 0.2) is 0 Å². The molecule has 7 heavy (non-hydrogen) atoms. The molecule has 0 aromatic heterocycles. The van der Waals surface area contributed by atoms with Crippen molar-refractivity contribution < 1.29 is 14.4 Å². The summed E-state index contributed by atoms with van der Waals surface area (Å²) in [6.07, 6.45) is 0. The summed E-state index contributed by atoms with van der Waals surface area (Å²) in [6, 6.07) is 0. The van der Waals surface area contributed by atoms with Crippen molar-refractivity contribution in [2.75, 3.05) is 0 Å². The minimum atomic E-state index is -2.87. The third-order valence-electron chi connectivity index (χ3n) is 0. The van der Waals surface area contributed by atoms with Crippen molar-refractivity contribution in [2.45, 2.75) is 0 Å². The predicted molar refractivity (Wildman–Crippen MR) is 29.3 cm³/mol. The molecule has 3 radical (unpaired) electrons. The van der Waals surface area contributed by atoms with E-state index in [9.17, 15) is 0 Å². The van der Waals surface area contributed by atoms with Gasteiger partial charge in [-0.2, -0.15) is 0 Å². The van der Waals surface area contributed by atoms with E-state index in [0.717, 1.165) is 0 Å². The van der Waals surface area contributed by atoms with Gasteiger partial charge in [0.2, 0.25) is 0 Å². The van der Waals surface area contributed by atoms with E-state index in [0.29, 0.717) is 0 Å². The van der Waals surface area contributed by atoms with Gasteiger partial charge in [0.05, 0.1) is 0 Å². The van der Waals surface area contributed by atoms with Gasteiger partial charge in [0.1, 0.15) is 0 Å². The molecule has 0 aliphatic rings. The molecular formula is H2Na3O3P+. The van der Waals surface area contributed by atoms with E-state index >= 15 is 0 Å². The Morgan fingerprint density at radius 2 is 1.00 bits per heavy atom. The molecule has 0 atom stereocenters. The van der Waals surface area contributed by atoms with E-state index in [1.54, 1.807) is 0 Å². The van der Waals surface area contributed by atoms with Gasteiger partial charge in [0.25, 0.3) is 0 Å². The van der Waals surface area contributed by atoms with Gasteiger partial charge in [-0.15, -0.1) is 9.79 Å². The summed E-state index contributed by atoms with van der Waals surface area (Å²) in [5.41, 5.74) is 0. The van der Waals surface area contributed by atoms with Crippen LogP contribution in [0.1, 0.15) is 0 Å². The van der Waals surface area contributed by atoms with Crippen LogP contribution in [0.5, 0.6) is 0 Å². The Kier molecular flexibility index (Phi) is 51.4. The molecule has 0 rings (SSSR count). The predicted octanol–water partition coefficient (Wildman–Crippen LogP) is -1.51. The second kappa shape index (κ2) is 16.0. The number of rotatable bonds is 0. The molecule has 0 heterocycles. The fraction of sp³-hybridized carbons (Fsp3) is 0. The molecule has 2 N–H and O–H groups in total. The molecule has 0 bridgehead atoms. The van der Waals surface area contributed by atoms with Crippen LogP contribution >= 0.6 is 8.25 Å². The smallest absolute Gasteiger partial charge is 0.134 e. The first kappa shape index (κ1) is 22.5. The Morgan fingerprint density at radius 3 is 1.00 bits per heavy atom.